The Morgan fingerprint density at radius 2 is 1.56 bits per heavy atom. The zero-order valence-electron chi connectivity index (χ0n) is 18.0. The predicted octanol–water partition coefficient (Wildman–Crippen LogP) is 3.54. The topological polar surface area (TPSA) is 109 Å². The Bertz CT molecular complexity index is 1370. The van der Waals surface area contributed by atoms with Gasteiger partial charge in [-0.2, -0.15) is 12.7 Å². The molecule has 1 aliphatic heterocycles. The first kappa shape index (κ1) is 24.8. The summed E-state index contributed by atoms with van der Waals surface area (Å²) in [5, 5.41) is 3.66. The zero-order valence-corrected chi connectivity index (χ0v) is 21.2. The van der Waals surface area contributed by atoms with Gasteiger partial charge in [-0.05, 0) is 60.7 Å². The molecular weight excluding hydrogens is 516 g/mol. The van der Waals surface area contributed by atoms with E-state index in [1.807, 2.05) is 18.2 Å². The minimum atomic E-state index is -3.84. The van der Waals surface area contributed by atoms with Crippen LogP contribution >= 0.6 is 11.6 Å². The molecule has 180 valence electrons. The Hall–Kier alpha value is -2.31. The maximum Gasteiger partial charge on any atom is 0.287 e. The Labute approximate surface area is 207 Å². The molecule has 0 amide bonds. The molecule has 0 spiro atoms. The van der Waals surface area contributed by atoms with Crippen LogP contribution in [0.4, 0.5) is 5.69 Å². The first-order chi connectivity index (χ1) is 16.2. The third kappa shape index (κ3) is 6.02. The van der Waals surface area contributed by atoms with Crippen molar-refractivity contribution in [2.45, 2.75) is 16.3 Å². The Balaban J connectivity index is 1.38. The summed E-state index contributed by atoms with van der Waals surface area (Å²) >= 11 is 5.85. The molecular formula is C22H23ClN4O4S3. The van der Waals surface area contributed by atoms with Crippen molar-refractivity contribution in [3.8, 4) is 0 Å². The van der Waals surface area contributed by atoms with Crippen molar-refractivity contribution in [3.05, 3.63) is 83.6 Å². The number of nitrogens with zero attached hydrogens (tertiary/aromatic N) is 3. The number of halogens is 1. The molecule has 3 aromatic rings. The molecule has 34 heavy (non-hydrogen) atoms. The summed E-state index contributed by atoms with van der Waals surface area (Å²) in [6.07, 6.45) is 1.71. The van der Waals surface area contributed by atoms with Crippen LogP contribution in [-0.4, -0.2) is 50.7 Å². The van der Waals surface area contributed by atoms with Crippen molar-refractivity contribution in [1.29, 1.82) is 0 Å². The van der Waals surface area contributed by atoms with Gasteiger partial charge in [-0.1, -0.05) is 28.4 Å². The molecule has 8 nitrogen and oxygen atoms in total. The van der Waals surface area contributed by atoms with E-state index in [-0.39, 0.29) is 22.9 Å². The van der Waals surface area contributed by atoms with E-state index in [1.54, 1.807) is 18.3 Å². The summed E-state index contributed by atoms with van der Waals surface area (Å²) in [5.74, 6) is 0.714. The second-order valence-electron chi connectivity index (χ2n) is 7.48. The standard InChI is InChI=1S/C22H23ClN4O4S3/c23-18-4-8-22(9-5-18)34(30,31)27-13-15-32(16-14-27)26-33(28,29)21-10-6-19(7-11-21)25-17-20-3-1-2-12-24-20/h1-12,25H,13-17H2. The van der Waals surface area contributed by atoms with Crippen LogP contribution in [0.5, 0.6) is 0 Å². The molecule has 2 aromatic carbocycles. The molecule has 1 saturated heterocycles. The second-order valence-corrected chi connectivity index (χ2v) is 13.6. The average molecular weight is 539 g/mol. The van der Waals surface area contributed by atoms with Crippen LogP contribution in [0, 0.1) is 0 Å². The van der Waals surface area contributed by atoms with E-state index in [0.29, 0.717) is 23.1 Å². The lowest BCUT2D eigenvalue weighted by Gasteiger charge is -2.27. The molecule has 0 aliphatic carbocycles. The van der Waals surface area contributed by atoms with Gasteiger partial charge in [0.15, 0.2) is 0 Å². The van der Waals surface area contributed by atoms with Crippen molar-refractivity contribution in [2.24, 2.45) is 3.77 Å². The smallest absolute Gasteiger partial charge is 0.287 e. The Morgan fingerprint density at radius 1 is 0.912 bits per heavy atom. The van der Waals surface area contributed by atoms with Gasteiger partial charge in [-0.15, -0.1) is 3.77 Å². The van der Waals surface area contributed by atoms with Crippen LogP contribution in [-0.2, 0) is 37.3 Å². The van der Waals surface area contributed by atoms with Crippen molar-refractivity contribution in [2.75, 3.05) is 29.9 Å². The summed E-state index contributed by atoms with van der Waals surface area (Å²) in [5.41, 5.74) is 1.65. The van der Waals surface area contributed by atoms with Crippen LogP contribution in [0.3, 0.4) is 0 Å². The average Bonchev–Trinajstić information content (AvgIpc) is 2.84. The first-order valence-corrected chi connectivity index (χ1v) is 15.2. The maximum absolute atomic E-state index is 12.8. The molecule has 4 rings (SSSR count). The van der Waals surface area contributed by atoms with E-state index >= 15 is 0 Å². The fourth-order valence-electron chi connectivity index (χ4n) is 3.32. The second kappa shape index (κ2) is 10.5. The summed E-state index contributed by atoms with van der Waals surface area (Å²) in [7, 11) is -8.27. The molecule has 2 heterocycles. The molecule has 0 saturated carbocycles. The van der Waals surface area contributed by atoms with Gasteiger partial charge in [0.1, 0.15) is 0 Å². The van der Waals surface area contributed by atoms with Crippen LogP contribution in [0.25, 0.3) is 0 Å². The lowest BCUT2D eigenvalue weighted by Crippen LogP contribution is -2.41. The van der Waals surface area contributed by atoms with E-state index in [0.717, 1.165) is 11.4 Å². The van der Waals surface area contributed by atoms with Crippen LogP contribution in [0.1, 0.15) is 5.69 Å². The monoisotopic (exact) mass is 538 g/mol. The minimum absolute atomic E-state index is 0.111. The summed E-state index contributed by atoms with van der Waals surface area (Å²) < 4.78 is 56.7. The molecule has 1 N–H and O–H groups in total. The number of benzene rings is 2. The van der Waals surface area contributed by atoms with Gasteiger partial charge in [0.2, 0.25) is 10.0 Å². The van der Waals surface area contributed by atoms with E-state index in [2.05, 4.69) is 14.1 Å². The van der Waals surface area contributed by atoms with E-state index in [1.165, 1.54) is 40.7 Å². The third-order valence-corrected chi connectivity index (χ3v) is 11.1. The number of rotatable bonds is 7. The molecule has 0 radical (unpaired) electrons. The first-order valence-electron chi connectivity index (χ1n) is 10.4. The highest BCUT2D eigenvalue weighted by Gasteiger charge is 2.28. The molecule has 1 aromatic heterocycles. The molecule has 0 unspecified atom stereocenters. The van der Waals surface area contributed by atoms with Gasteiger partial charge in [0.05, 0.1) is 22.0 Å². The summed E-state index contributed by atoms with van der Waals surface area (Å²) in [6.45, 7) is 0.948. The van der Waals surface area contributed by atoms with Crippen LogP contribution in [0.2, 0.25) is 5.02 Å². The van der Waals surface area contributed by atoms with Crippen molar-refractivity contribution >= 4 is 48.0 Å². The number of hydrogen-bond donors (Lipinski definition) is 1. The third-order valence-electron chi connectivity index (χ3n) is 5.16. The van der Waals surface area contributed by atoms with Crippen LogP contribution in [0.15, 0.2) is 86.5 Å². The van der Waals surface area contributed by atoms with E-state index in [9.17, 15) is 16.8 Å². The quantitative estimate of drug-likeness (QED) is 0.493. The fraction of sp³-hybridized carbons (Fsp3) is 0.227. The summed E-state index contributed by atoms with van der Waals surface area (Å²) in [6, 6.07) is 18.1. The minimum Gasteiger partial charge on any atom is -0.379 e. The number of anilines is 1. The van der Waals surface area contributed by atoms with Gasteiger partial charge in [-0.3, -0.25) is 4.98 Å². The van der Waals surface area contributed by atoms with Crippen molar-refractivity contribution < 1.29 is 16.8 Å². The molecule has 1 aliphatic rings. The summed E-state index contributed by atoms with van der Waals surface area (Å²) in [4.78, 5) is 4.52. The van der Waals surface area contributed by atoms with Crippen LogP contribution < -0.4 is 5.32 Å². The highest BCUT2D eigenvalue weighted by molar-refractivity contribution is 8.00. The number of aromatic nitrogens is 1. The fourth-order valence-corrected chi connectivity index (χ4v) is 8.72. The highest BCUT2D eigenvalue weighted by Crippen LogP contribution is 2.22. The number of pyridine rings is 1. The van der Waals surface area contributed by atoms with E-state index < -0.39 is 30.7 Å². The number of hydrogen-bond acceptors (Lipinski definition) is 6. The molecule has 0 bridgehead atoms. The molecule has 0 atom stereocenters. The largest absolute Gasteiger partial charge is 0.379 e. The zero-order chi connectivity index (χ0) is 24.2. The van der Waals surface area contributed by atoms with Gasteiger partial charge < -0.3 is 5.32 Å². The lowest BCUT2D eigenvalue weighted by atomic mass is 10.3. The Kier molecular flexibility index (Phi) is 7.68. The van der Waals surface area contributed by atoms with E-state index in [4.69, 9.17) is 11.6 Å². The molecule has 1 fully saturated rings. The SMILES string of the molecule is O=S(=O)(N=S1CCN(S(=O)(=O)c2ccc(Cl)cc2)CC1)c1ccc(NCc2ccccn2)cc1. The number of nitrogens with one attached hydrogen (secondary N) is 1. The Morgan fingerprint density at radius 3 is 2.18 bits per heavy atom. The molecule has 12 heteroatoms. The highest BCUT2D eigenvalue weighted by atomic mass is 35.5. The van der Waals surface area contributed by atoms with Crippen molar-refractivity contribution in [3.63, 3.8) is 0 Å². The lowest BCUT2D eigenvalue weighted by molar-refractivity contribution is 0.442. The normalized spacial score (nSPS) is 15.7. The van der Waals surface area contributed by atoms with Gasteiger partial charge >= 0.3 is 0 Å². The maximum atomic E-state index is 12.8. The van der Waals surface area contributed by atoms with Crippen molar-refractivity contribution in [1.82, 2.24) is 9.29 Å². The predicted molar refractivity (Wildman–Crippen MR) is 135 cm³/mol. The van der Waals surface area contributed by atoms with Gasteiger partial charge in [-0.25, -0.2) is 8.42 Å². The number of sulfonamides is 2. The van der Waals surface area contributed by atoms with Gasteiger partial charge in [0.25, 0.3) is 10.0 Å². The van der Waals surface area contributed by atoms with Gasteiger partial charge in [0, 0.05) is 41.5 Å².